The number of ether oxygens (including phenoxy) is 1. The normalized spacial score (nSPS) is 20.1. The van der Waals surface area contributed by atoms with Crippen LogP contribution in [0.15, 0.2) is 30.3 Å². The Bertz CT molecular complexity index is 283. The second kappa shape index (κ2) is 4.77. The van der Waals surface area contributed by atoms with Gasteiger partial charge >= 0.3 is 0 Å². The van der Waals surface area contributed by atoms with Gasteiger partial charge in [-0.2, -0.15) is 0 Å². The van der Waals surface area contributed by atoms with E-state index < -0.39 is 0 Å². The molecule has 1 N–H and O–H groups in total. The molecular weight excluding hydrogens is 188 g/mol. The van der Waals surface area contributed by atoms with Gasteiger partial charge in [0.15, 0.2) is 0 Å². The number of benzene rings is 1. The van der Waals surface area contributed by atoms with Crippen LogP contribution >= 0.6 is 0 Å². The average molecular weight is 206 g/mol. The van der Waals surface area contributed by atoms with Crippen molar-refractivity contribution >= 4 is 0 Å². The molecular formula is C13H18O2. The molecule has 1 aliphatic heterocycles. The van der Waals surface area contributed by atoms with Crippen LogP contribution < -0.4 is 0 Å². The smallest absolute Gasteiger partial charge is 0.0474 e. The third kappa shape index (κ3) is 2.21. The SMILES string of the molecule is OCCC1(c2ccccc2)CCOCC1. The monoisotopic (exact) mass is 206 g/mol. The van der Waals surface area contributed by atoms with Crippen molar-refractivity contribution in [1.29, 1.82) is 0 Å². The van der Waals surface area contributed by atoms with Crippen LogP contribution in [0.2, 0.25) is 0 Å². The van der Waals surface area contributed by atoms with Gasteiger partial charge in [-0.3, -0.25) is 0 Å². The summed E-state index contributed by atoms with van der Waals surface area (Å²) < 4.78 is 5.41. The quantitative estimate of drug-likeness (QED) is 0.820. The Hall–Kier alpha value is -0.860. The fourth-order valence-electron chi connectivity index (χ4n) is 2.45. The van der Waals surface area contributed by atoms with Crippen LogP contribution in [0.3, 0.4) is 0 Å². The van der Waals surface area contributed by atoms with Gasteiger partial charge in [-0.1, -0.05) is 30.3 Å². The fourth-order valence-corrected chi connectivity index (χ4v) is 2.45. The molecule has 0 bridgehead atoms. The van der Waals surface area contributed by atoms with E-state index in [-0.39, 0.29) is 12.0 Å². The van der Waals surface area contributed by atoms with Crippen molar-refractivity contribution in [2.75, 3.05) is 19.8 Å². The first-order chi connectivity index (χ1) is 7.37. The molecule has 1 heterocycles. The molecule has 0 atom stereocenters. The molecule has 0 saturated carbocycles. The molecule has 1 fully saturated rings. The maximum atomic E-state index is 9.20. The summed E-state index contributed by atoms with van der Waals surface area (Å²) in [6, 6.07) is 10.5. The van der Waals surface area contributed by atoms with Crippen molar-refractivity contribution in [3.8, 4) is 0 Å². The highest BCUT2D eigenvalue weighted by Crippen LogP contribution is 2.37. The van der Waals surface area contributed by atoms with Gasteiger partial charge in [-0.15, -0.1) is 0 Å². The van der Waals surface area contributed by atoms with E-state index in [1.165, 1.54) is 5.56 Å². The molecule has 0 spiro atoms. The van der Waals surface area contributed by atoms with Gasteiger partial charge in [0.05, 0.1) is 0 Å². The summed E-state index contributed by atoms with van der Waals surface area (Å²) in [5, 5.41) is 9.20. The van der Waals surface area contributed by atoms with E-state index in [0.29, 0.717) is 0 Å². The molecule has 2 rings (SSSR count). The van der Waals surface area contributed by atoms with Gasteiger partial charge in [-0.05, 0) is 24.8 Å². The summed E-state index contributed by atoms with van der Waals surface area (Å²) in [6.45, 7) is 1.89. The van der Waals surface area contributed by atoms with Crippen LogP contribution in [0.5, 0.6) is 0 Å². The van der Waals surface area contributed by atoms with E-state index >= 15 is 0 Å². The lowest BCUT2D eigenvalue weighted by Crippen LogP contribution is -2.34. The van der Waals surface area contributed by atoms with Crippen molar-refractivity contribution in [2.24, 2.45) is 0 Å². The molecule has 1 aromatic carbocycles. The second-order valence-corrected chi connectivity index (χ2v) is 4.23. The zero-order valence-corrected chi connectivity index (χ0v) is 8.98. The summed E-state index contributed by atoms with van der Waals surface area (Å²) in [4.78, 5) is 0. The lowest BCUT2D eigenvalue weighted by molar-refractivity contribution is 0.0400. The Labute approximate surface area is 90.9 Å². The van der Waals surface area contributed by atoms with Crippen LogP contribution in [0.25, 0.3) is 0 Å². The molecule has 15 heavy (non-hydrogen) atoms. The second-order valence-electron chi connectivity index (χ2n) is 4.23. The Kier molecular flexibility index (Phi) is 3.39. The van der Waals surface area contributed by atoms with Crippen LogP contribution in [0.4, 0.5) is 0 Å². The summed E-state index contributed by atoms with van der Waals surface area (Å²) in [7, 11) is 0. The van der Waals surface area contributed by atoms with Gasteiger partial charge in [0.1, 0.15) is 0 Å². The highest BCUT2D eigenvalue weighted by Gasteiger charge is 2.33. The third-order valence-electron chi connectivity index (χ3n) is 3.43. The number of hydrogen-bond donors (Lipinski definition) is 1. The van der Waals surface area contributed by atoms with E-state index in [0.717, 1.165) is 32.5 Å². The molecule has 0 amide bonds. The molecule has 0 unspecified atom stereocenters. The zero-order valence-electron chi connectivity index (χ0n) is 8.98. The van der Waals surface area contributed by atoms with Crippen molar-refractivity contribution in [1.82, 2.24) is 0 Å². The van der Waals surface area contributed by atoms with Gasteiger partial charge in [0, 0.05) is 25.2 Å². The van der Waals surface area contributed by atoms with Gasteiger partial charge < -0.3 is 9.84 Å². The lowest BCUT2D eigenvalue weighted by atomic mass is 9.72. The molecule has 0 radical (unpaired) electrons. The lowest BCUT2D eigenvalue weighted by Gasteiger charge is -2.37. The predicted octanol–water partition coefficient (Wildman–Crippen LogP) is 2.12. The third-order valence-corrected chi connectivity index (χ3v) is 3.43. The minimum Gasteiger partial charge on any atom is -0.396 e. The highest BCUT2D eigenvalue weighted by atomic mass is 16.5. The molecule has 1 saturated heterocycles. The molecule has 2 heteroatoms. The maximum absolute atomic E-state index is 9.20. The fraction of sp³-hybridized carbons (Fsp3) is 0.538. The summed E-state index contributed by atoms with van der Waals surface area (Å²) in [5.74, 6) is 0. The van der Waals surface area contributed by atoms with Crippen molar-refractivity contribution in [2.45, 2.75) is 24.7 Å². The zero-order chi connectivity index (χ0) is 10.6. The van der Waals surface area contributed by atoms with Crippen LogP contribution in [0, 0.1) is 0 Å². The van der Waals surface area contributed by atoms with Crippen molar-refractivity contribution in [3.63, 3.8) is 0 Å². The highest BCUT2D eigenvalue weighted by molar-refractivity contribution is 5.25. The number of rotatable bonds is 3. The van der Waals surface area contributed by atoms with Crippen LogP contribution in [-0.4, -0.2) is 24.9 Å². The maximum Gasteiger partial charge on any atom is 0.0474 e. The molecule has 1 aromatic rings. The first-order valence-corrected chi connectivity index (χ1v) is 5.61. The Balaban J connectivity index is 2.25. The predicted molar refractivity (Wildman–Crippen MR) is 59.9 cm³/mol. The first kappa shape index (κ1) is 10.7. The molecule has 0 aliphatic carbocycles. The van der Waals surface area contributed by atoms with Gasteiger partial charge in [0.25, 0.3) is 0 Å². The molecule has 0 aromatic heterocycles. The van der Waals surface area contributed by atoms with Crippen molar-refractivity contribution in [3.05, 3.63) is 35.9 Å². The average Bonchev–Trinajstić information content (AvgIpc) is 2.32. The number of aliphatic hydroxyl groups is 1. The minimum absolute atomic E-state index is 0.147. The number of aliphatic hydroxyl groups excluding tert-OH is 1. The summed E-state index contributed by atoms with van der Waals surface area (Å²) in [6.07, 6.45) is 2.90. The summed E-state index contributed by atoms with van der Waals surface area (Å²) in [5.41, 5.74) is 1.50. The van der Waals surface area contributed by atoms with Crippen LogP contribution in [-0.2, 0) is 10.2 Å². The first-order valence-electron chi connectivity index (χ1n) is 5.61. The van der Waals surface area contributed by atoms with E-state index in [2.05, 4.69) is 24.3 Å². The topological polar surface area (TPSA) is 29.5 Å². The Morgan fingerprint density at radius 3 is 2.40 bits per heavy atom. The minimum atomic E-state index is 0.147. The van der Waals surface area contributed by atoms with E-state index in [1.54, 1.807) is 0 Å². The van der Waals surface area contributed by atoms with Gasteiger partial charge in [-0.25, -0.2) is 0 Å². The molecule has 2 nitrogen and oxygen atoms in total. The number of hydrogen-bond acceptors (Lipinski definition) is 2. The Morgan fingerprint density at radius 2 is 1.80 bits per heavy atom. The summed E-state index contributed by atoms with van der Waals surface area (Å²) >= 11 is 0. The standard InChI is InChI=1S/C13H18O2/c14-9-6-13(7-10-15-11-8-13)12-4-2-1-3-5-12/h1-5,14H,6-11H2. The van der Waals surface area contributed by atoms with E-state index in [4.69, 9.17) is 4.74 Å². The van der Waals surface area contributed by atoms with Crippen molar-refractivity contribution < 1.29 is 9.84 Å². The van der Waals surface area contributed by atoms with Crippen LogP contribution in [0.1, 0.15) is 24.8 Å². The van der Waals surface area contributed by atoms with Gasteiger partial charge in [0.2, 0.25) is 0 Å². The van der Waals surface area contributed by atoms with E-state index in [9.17, 15) is 5.11 Å². The molecule has 82 valence electrons. The largest absolute Gasteiger partial charge is 0.396 e. The Morgan fingerprint density at radius 1 is 1.13 bits per heavy atom. The van der Waals surface area contributed by atoms with E-state index in [1.807, 2.05) is 6.07 Å². The molecule has 1 aliphatic rings.